The minimum atomic E-state index is -0.993. The van der Waals surface area contributed by atoms with Gasteiger partial charge in [-0.25, -0.2) is 0 Å². The van der Waals surface area contributed by atoms with Gasteiger partial charge in [-0.1, -0.05) is 6.08 Å². The smallest absolute Gasteiger partial charge is 0.133 e. The van der Waals surface area contributed by atoms with Gasteiger partial charge in [0.15, 0.2) is 0 Å². The molecule has 0 aromatic heterocycles. The fourth-order valence-corrected chi connectivity index (χ4v) is 1.49. The SMILES string of the molecule is C=CCNCCCC[N+](C)(C)C(C)(C)C(=O)[O-]. The monoisotopic (exact) mass is 242 g/mol. The van der Waals surface area contributed by atoms with Gasteiger partial charge in [-0.3, -0.25) is 0 Å². The van der Waals surface area contributed by atoms with Gasteiger partial charge in [0.25, 0.3) is 0 Å². The lowest BCUT2D eigenvalue weighted by atomic mass is 10.00. The van der Waals surface area contributed by atoms with Crippen LogP contribution in [0.2, 0.25) is 0 Å². The minimum Gasteiger partial charge on any atom is -0.544 e. The van der Waals surface area contributed by atoms with Gasteiger partial charge in [-0.2, -0.15) is 0 Å². The third-order valence-corrected chi connectivity index (χ3v) is 3.62. The maximum Gasteiger partial charge on any atom is 0.133 e. The summed E-state index contributed by atoms with van der Waals surface area (Å²) >= 11 is 0. The number of nitrogens with one attached hydrogen (secondary N) is 1. The van der Waals surface area contributed by atoms with E-state index in [9.17, 15) is 9.90 Å². The summed E-state index contributed by atoms with van der Waals surface area (Å²) in [4.78, 5) is 11.1. The maximum absolute atomic E-state index is 11.1. The minimum absolute atomic E-state index is 0.441. The zero-order valence-corrected chi connectivity index (χ0v) is 11.6. The number of likely N-dealkylation sites (N-methyl/N-ethyl adjacent to an activating group) is 1. The Bertz CT molecular complexity index is 260. The number of carboxylic acids is 1. The van der Waals surface area contributed by atoms with Crippen molar-refractivity contribution in [3.63, 3.8) is 0 Å². The number of rotatable bonds is 9. The van der Waals surface area contributed by atoms with Gasteiger partial charge in [0, 0.05) is 6.54 Å². The third-order valence-electron chi connectivity index (χ3n) is 3.62. The van der Waals surface area contributed by atoms with Crippen molar-refractivity contribution in [2.45, 2.75) is 32.2 Å². The number of carbonyl (C=O) groups excluding carboxylic acids is 1. The number of carboxylic acid groups (broad SMARTS) is 1. The summed E-state index contributed by atoms with van der Waals surface area (Å²) in [5.74, 6) is -0.993. The number of unbranched alkanes of at least 4 members (excludes halogenated alkanes) is 1. The molecule has 0 aliphatic carbocycles. The van der Waals surface area contributed by atoms with Crippen LogP contribution in [0.15, 0.2) is 12.7 Å². The lowest BCUT2D eigenvalue weighted by molar-refractivity contribution is -0.930. The van der Waals surface area contributed by atoms with Gasteiger partial charge in [-0.05, 0) is 33.2 Å². The van der Waals surface area contributed by atoms with Gasteiger partial charge < -0.3 is 19.7 Å². The molecule has 1 N–H and O–H groups in total. The van der Waals surface area contributed by atoms with Gasteiger partial charge in [0.2, 0.25) is 0 Å². The van der Waals surface area contributed by atoms with Crippen molar-refractivity contribution in [3.8, 4) is 0 Å². The molecule has 100 valence electrons. The van der Waals surface area contributed by atoms with E-state index < -0.39 is 11.5 Å². The van der Waals surface area contributed by atoms with E-state index in [0.717, 1.165) is 32.5 Å². The highest BCUT2D eigenvalue weighted by Crippen LogP contribution is 2.20. The first-order valence-corrected chi connectivity index (χ1v) is 6.12. The second kappa shape index (κ2) is 6.77. The zero-order valence-electron chi connectivity index (χ0n) is 11.6. The van der Waals surface area contributed by atoms with E-state index in [1.807, 2.05) is 20.2 Å². The maximum atomic E-state index is 11.1. The molecule has 0 saturated heterocycles. The summed E-state index contributed by atoms with van der Waals surface area (Å²) in [6.07, 6.45) is 3.87. The summed E-state index contributed by atoms with van der Waals surface area (Å²) in [5.41, 5.74) is -0.853. The number of aliphatic carboxylic acids is 1. The molecule has 0 spiro atoms. The Morgan fingerprint density at radius 3 is 2.47 bits per heavy atom. The molecule has 4 nitrogen and oxygen atoms in total. The molecule has 0 atom stereocenters. The van der Waals surface area contributed by atoms with Crippen molar-refractivity contribution in [2.24, 2.45) is 0 Å². The third kappa shape index (κ3) is 4.88. The first kappa shape index (κ1) is 16.1. The first-order valence-electron chi connectivity index (χ1n) is 6.12. The topological polar surface area (TPSA) is 52.2 Å². The van der Waals surface area contributed by atoms with E-state index in [-0.39, 0.29) is 0 Å². The van der Waals surface area contributed by atoms with Crippen molar-refractivity contribution < 1.29 is 14.4 Å². The number of nitrogens with zero attached hydrogens (tertiary/aromatic N) is 1. The molecule has 0 saturated carbocycles. The predicted molar refractivity (Wildman–Crippen MR) is 68.4 cm³/mol. The Labute approximate surface area is 105 Å². The van der Waals surface area contributed by atoms with Crippen molar-refractivity contribution >= 4 is 5.97 Å². The molecule has 0 amide bonds. The Morgan fingerprint density at radius 1 is 1.41 bits per heavy atom. The lowest BCUT2D eigenvalue weighted by Crippen LogP contribution is -2.64. The van der Waals surface area contributed by atoms with E-state index >= 15 is 0 Å². The van der Waals surface area contributed by atoms with E-state index in [2.05, 4.69) is 11.9 Å². The van der Waals surface area contributed by atoms with Gasteiger partial charge in [0.1, 0.15) is 11.5 Å². The van der Waals surface area contributed by atoms with Gasteiger partial charge >= 0.3 is 0 Å². The predicted octanol–water partition coefficient (Wildman–Crippen LogP) is 0.147. The van der Waals surface area contributed by atoms with Crippen LogP contribution in [0.4, 0.5) is 0 Å². The van der Waals surface area contributed by atoms with E-state index in [4.69, 9.17) is 0 Å². The molecular weight excluding hydrogens is 216 g/mol. The van der Waals surface area contributed by atoms with Gasteiger partial charge in [-0.15, -0.1) is 6.58 Å². The highest BCUT2D eigenvalue weighted by molar-refractivity contribution is 5.73. The molecule has 0 unspecified atom stereocenters. The number of hydrogen-bond donors (Lipinski definition) is 1. The van der Waals surface area contributed by atoms with Crippen molar-refractivity contribution in [1.29, 1.82) is 0 Å². The molecule has 0 aromatic carbocycles. The van der Waals surface area contributed by atoms with E-state index in [1.165, 1.54) is 0 Å². The molecule has 0 aliphatic rings. The van der Waals surface area contributed by atoms with Crippen LogP contribution in [0, 0.1) is 0 Å². The summed E-state index contributed by atoms with van der Waals surface area (Å²) in [6.45, 7) is 9.67. The molecule has 0 aliphatic heterocycles. The number of hydrogen-bond acceptors (Lipinski definition) is 3. The van der Waals surface area contributed by atoms with Crippen molar-refractivity contribution in [1.82, 2.24) is 5.32 Å². The zero-order chi connectivity index (χ0) is 13.5. The van der Waals surface area contributed by atoms with Crippen LogP contribution < -0.4 is 10.4 Å². The van der Waals surface area contributed by atoms with Crippen LogP contribution in [0.25, 0.3) is 0 Å². The number of carbonyl (C=O) groups is 1. The summed E-state index contributed by atoms with van der Waals surface area (Å²) < 4.78 is 0.441. The second-order valence-corrected chi connectivity index (χ2v) is 5.45. The Morgan fingerprint density at radius 2 is 2.00 bits per heavy atom. The molecule has 0 fully saturated rings. The quantitative estimate of drug-likeness (QED) is 0.356. The molecule has 17 heavy (non-hydrogen) atoms. The summed E-state index contributed by atoms with van der Waals surface area (Å²) in [6, 6.07) is 0. The molecule has 0 rings (SSSR count). The van der Waals surface area contributed by atoms with Crippen LogP contribution in [0.1, 0.15) is 26.7 Å². The van der Waals surface area contributed by atoms with Crippen LogP contribution in [-0.4, -0.2) is 49.7 Å². The molecular formula is C13H26N2O2. The molecule has 4 heteroatoms. The molecule has 0 bridgehead atoms. The Hall–Kier alpha value is -0.870. The summed E-state index contributed by atoms with van der Waals surface area (Å²) in [7, 11) is 3.87. The highest BCUT2D eigenvalue weighted by atomic mass is 16.4. The molecule has 0 aromatic rings. The Balaban J connectivity index is 4.01. The average molecular weight is 242 g/mol. The number of quaternary nitrogens is 1. The normalized spacial score (nSPS) is 12.5. The lowest BCUT2D eigenvalue weighted by Gasteiger charge is -2.45. The van der Waals surface area contributed by atoms with Crippen LogP contribution >= 0.6 is 0 Å². The standard InChI is InChI=1S/C13H26N2O2/c1-6-9-14-10-7-8-11-15(4,5)13(2,3)12(16)17/h6,14H,1,7-11H2,2-5H3. The fourth-order valence-electron chi connectivity index (χ4n) is 1.49. The molecule has 0 heterocycles. The largest absolute Gasteiger partial charge is 0.544 e. The van der Waals surface area contributed by atoms with Crippen LogP contribution in [0.5, 0.6) is 0 Å². The summed E-state index contributed by atoms with van der Waals surface area (Å²) in [5, 5.41) is 14.3. The first-order chi connectivity index (χ1) is 7.75. The Kier molecular flexibility index (Phi) is 6.42. The molecule has 0 radical (unpaired) electrons. The fraction of sp³-hybridized carbons (Fsp3) is 0.769. The van der Waals surface area contributed by atoms with Crippen molar-refractivity contribution in [2.75, 3.05) is 33.7 Å². The van der Waals surface area contributed by atoms with Crippen LogP contribution in [-0.2, 0) is 4.79 Å². The highest BCUT2D eigenvalue weighted by Gasteiger charge is 2.37. The average Bonchev–Trinajstić information content (AvgIpc) is 2.22. The second-order valence-electron chi connectivity index (χ2n) is 5.45. The van der Waals surface area contributed by atoms with E-state index in [1.54, 1.807) is 13.8 Å². The van der Waals surface area contributed by atoms with Crippen molar-refractivity contribution in [3.05, 3.63) is 12.7 Å². The van der Waals surface area contributed by atoms with Gasteiger partial charge in [0.05, 0.1) is 20.6 Å². The van der Waals surface area contributed by atoms with E-state index in [0.29, 0.717) is 4.48 Å². The van der Waals surface area contributed by atoms with Crippen LogP contribution in [0.3, 0.4) is 0 Å².